The summed E-state index contributed by atoms with van der Waals surface area (Å²) in [7, 11) is 0. The monoisotopic (exact) mass is 370 g/mol. The summed E-state index contributed by atoms with van der Waals surface area (Å²) < 4.78 is 2.01. The van der Waals surface area contributed by atoms with Crippen LogP contribution in [0.25, 0.3) is 16.9 Å². The van der Waals surface area contributed by atoms with E-state index in [1.807, 2.05) is 35.0 Å². The summed E-state index contributed by atoms with van der Waals surface area (Å²) in [6.07, 6.45) is 5.75. The largest absolute Gasteiger partial charge is 0.369 e. The molecule has 1 fully saturated rings. The second kappa shape index (κ2) is 7.32. The van der Waals surface area contributed by atoms with Gasteiger partial charge in [-0.25, -0.2) is 9.97 Å². The van der Waals surface area contributed by atoms with E-state index in [1.54, 1.807) is 6.20 Å². The molecule has 2 N–H and O–H groups in total. The number of aromatic nitrogens is 3. The third-order valence-electron chi connectivity index (χ3n) is 5.06. The van der Waals surface area contributed by atoms with E-state index in [1.165, 1.54) is 5.69 Å². The first-order valence-corrected chi connectivity index (χ1v) is 9.59. The molecule has 3 heterocycles. The Bertz CT molecular complexity index is 1070. The highest BCUT2D eigenvalue weighted by atomic mass is 15.2. The zero-order valence-corrected chi connectivity index (χ0v) is 15.5. The number of anilines is 3. The van der Waals surface area contributed by atoms with Crippen LogP contribution < -0.4 is 15.5 Å². The summed E-state index contributed by atoms with van der Waals surface area (Å²) >= 11 is 0. The lowest BCUT2D eigenvalue weighted by Crippen LogP contribution is -2.43. The van der Waals surface area contributed by atoms with Crippen LogP contribution >= 0.6 is 0 Å². The predicted octanol–water partition coefficient (Wildman–Crippen LogP) is 3.55. The van der Waals surface area contributed by atoms with Gasteiger partial charge in [0.05, 0.1) is 5.69 Å². The smallest absolute Gasteiger partial charge is 0.181 e. The van der Waals surface area contributed by atoms with Crippen molar-refractivity contribution in [3.05, 3.63) is 73.2 Å². The molecular formula is C22H22N6. The minimum absolute atomic E-state index is 0.750. The fourth-order valence-electron chi connectivity index (χ4n) is 3.57. The van der Waals surface area contributed by atoms with Gasteiger partial charge < -0.3 is 19.9 Å². The Labute approximate surface area is 163 Å². The van der Waals surface area contributed by atoms with Crippen LogP contribution in [-0.2, 0) is 0 Å². The van der Waals surface area contributed by atoms with Crippen LogP contribution in [0.15, 0.2) is 73.2 Å². The van der Waals surface area contributed by atoms with Gasteiger partial charge in [0.2, 0.25) is 0 Å². The fourth-order valence-corrected chi connectivity index (χ4v) is 3.57. The van der Waals surface area contributed by atoms with Crippen molar-refractivity contribution in [2.24, 2.45) is 0 Å². The molecular weight excluding hydrogens is 348 g/mol. The van der Waals surface area contributed by atoms with Crippen molar-refractivity contribution in [2.75, 3.05) is 36.4 Å². The van der Waals surface area contributed by atoms with Crippen LogP contribution in [-0.4, -0.2) is 40.5 Å². The Balaban J connectivity index is 1.41. The Morgan fingerprint density at radius 2 is 1.71 bits per heavy atom. The molecule has 2 aromatic carbocycles. The molecule has 4 aromatic rings. The molecule has 1 aliphatic rings. The average Bonchev–Trinajstić information content (AvgIpc) is 3.21. The highest BCUT2D eigenvalue weighted by Gasteiger charge is 2.12. The minimum atomic E-state index is 0.750. The van der Waals surface area contributed by atoms with E-state index in [0.717, 1.165) is 54.6 Å². The molecule has 28 heavy (non-hydrogen) atoms. The number of benzene rings is 2. The van der Waals surface area contributed by atoms with Crippen LogP contribution in [0.5, 0.6) is 0 Å². The average molecular weight is 370 g/mol. The van der Waals surface area contributed by atoms with E-state index in [4.69, 9.17) is 4.98 Å². The number of nitrogens with zero attached hydrogens (tertiary/aromatic N) is 4. The first-order valence-electron chi connectivity index (χ1n) is 9.59. The Morgan fingerprint density at radius 3 is 2.50 bits per heavy atom. The van der Waals surface area contributed by atoms with E-state index in [-0.39, 0.29) is 0 Å². The number of fused-ring (bicyclic) bond motifs is 1. The van der Waals surface area contributed by atoms with Gasteiger partial charge in [0.1, 0.15) is 0 Å². The van der Waals surface area contributed by atoms with Crippen LogP contribution in [0.3, 0.4) is 0 Å². The molecule has 0 aliphatic carbocycles. The van der Waals surface area contributed by atoms with Gasteiger partial charge in [-0.05, 0) is 24.3 Å². The molecule has 0 amide bonds. The van der Waals surface area contributed by atoms with E-state index in [2.05, 4.69) is 56.9 Å². The van der Waals surface area contributed by atoms with Gasteiger partial charge in [-0.2, -0.15) is 0 Å². The summed E-state index contributed by atoms with van der Waals surface area (Å²) in [6, 6.07) is 18.7. The number of nitrogens with one attached hydrogen (secondary N) is 2. The molecule has 0 atom stereocenters. The van der Waals surface area contributed by atoms with Crippen molar-refractivity contribution in [1.82, 2.24) is 19.7 Å². The zero-order valence-electron chi connectivity index (χ0n) is 15.5. The third kappa shape index (κ3) is 3.30. The zero-order chi connectivity index (χ0) is 18.8. The Kier molecular flexibility index (Phi) is 4.39. The van der Waals surface area contributed by atoms with E-state index < -0.39 is 0 Å². The summed E-state index contributed by atoms with van der Waals surface area (Å²) in [6.45, 7) is 4.17. The van der Waals surface area contributed by atoms with Crippen molar-refractivity contribution in [2.45, 2.75) is 0 Å². The molecule has 140 valence electrons. The van der Waals surface area contributed by atoms with Gasteiger partial charge in [0.15, 0.2) is 11.5 Å². The third-order valence-corrected chi connectivity index (χ3v) is 5.06. The number of hydrogen-bond donors (Lipinski definition) is 2. The quantitative estimate of drug-likeness (QED) is 0.575. The maximum absolute atomic E-state index is 4.79. The van der Waals surface area contributed by atoms with Gasteiger partial charge in [-0.3, -0.25) is 0 Å². The van der Waals surface area contributed by atoms with Crippen molar-refractivity contribution in [3.63, 3.8) is 0 Å². The topological polar surface area (TPSA) is 57.5 Å². The SMILES string of the molecule is c1ccc(-c2cn3ccnc(Nc4ccc(N5CCNCC5)cc4)c3n2)cc1. The predicted molar refractivity (Wildman–Crippen MR) is 113 cm³/mol. The molecule has 0 bridgehead atoms. The van der Waals surface area contributed by atoms with Gasteiger partial charge in [0, 0.05) is 61.7 Å². The van der Waals surface area contributed by atoms with Gasteiger partial charge in [-0.1, -0.05) is 30.3 Å². The Hall–Kier alpha value is -3.38. The van der Waals surface area contributed by atoms with Gasteiger partial charge in [0.25, 0.3) is 0 Å². The number of hydrogen-bond acceptors (Lipinski definition) is 5. The van der Waals surface area contributed by atoms with Gasteiger partial charge >= 0.3 is 0 Å². The molecule has 6 heteroatoms. The van der Waals surface area contributed by atoms with Crippen LogP contribution in [0.4, 0.5) is 17.2 Å². The number of piperazine rings is 1. The number of rotatable bonds is 4. The summed E-state index contributed by atoms with van der Waals surface area (Å²) in [5, 5.41) is 6.80. The van der Waals surface area contributed by atoms with Crippen molar-refractivity contribution in [1.29, 1.82) is 0 Å². The molecule has 6 nitrogen and oxygen atoms in total. The molecule has 0 unspecified atom stereocenters. The summed E-state index contributed by atoms with van der Waals surface area (Å²) in [4.78, 5) is 11.7. The first kappa shape index (κ1) is 16.8. The highest BCUT2D eigenvalue weighted by molar-refractivity contribution is 5.74. The molecule has 0 spiro atoms. The molecule has 2 aromatic heterocycles. The molecule has 1 aliphatic heterocycles. The summed E-state index contributed by atoms with van der Waals surface area (Å²) in [5.74, 6) is 0.750. The van der Waals surface area contributed by atoms with Crippen LogP contribution in [0, 0.1) is 0 Å². The normalized spacial score (nSPS) is 14.4. The highest BCUT2D eigenvalue weighted by Crippen LogP contribution is 2.25. The van der Waals surface area contributed by atoms with Gasteiger partial charge in [-0.15, -0.1) is 0 Å². The maximum atomic E-state index is 4.79. The second-order valence-corrected chi connectivity index (χ2v) is 6.91. The minimum Gasteiger partial charge on any atom is -0.369 e. The molecule has 1 saturated heterocycles. The van der Waals surface area contributed by atoms with E-state index in [9.17, 15) is 0 Å². The fraction of sp³-hybridized carbons (Fsp3) is 0.182. The second-order valence-electron chi connectivity index (χ2n) is 6.91. The summed E-state index contributed by atoms with van der Waals surface area (Å²) in [5.41, 5.74) is 5.10. The first-order chi connectivity index (χ1) is 13.9. The molecule has 0 radical (unpaired) electrons. The Morgan fingerprint density at radius 1 is 0.929 bits per heavy atom. The number of imidazole rings is 1. The standard InChI is InChI=1S/C22H22N6/c1-2-4-17(5-3-1)20-16-28-15-12-24-21(22(28)26-20)25-18-6-8-19(9-7-18)27-13-10-23-11-14-27/h1-9,12,15-16,23H,10-11,13-14H2,(H,24,25). The lowest BCUT2D eigenvalue weighted by atomic mass is 10.2. The van der Waals surface area contributed by atoms with Crippen molar-refractivity contribution >= 4 is 22.8 Å². The molecule has 5 rings (SSSR count). The van der Waals surface area contributed by atoms with Crippen molar-refractivity contribution in [3.8, 4) is 11.3 Å². The van der Waals surface area contributed by atoms with E-state index >= 15 is 0 Å². The van der Waals surface area contributed by atoms with Crippen LogP contribution in [0.2, 0.25) is 0 Å². The molecule has 0 saturated carbocycles. The lowest BCUT2D eigenvalue weighted by Gasteiger charge is -2.29. The maximum Gasteiger partial charge on any atom is 0.181 e. The van der Waals surface area contributed by atoms with Crippen molar-refractivity contribution < 1.29 is 0 Å². The lowest BCUT2D eigenvalue weighted by molar-refractivity contribution is 0.589. The van der Waals surface area contributed by atoms with Crippen LogP contribution in [0.1, 0.15) is 0 Å². The van der Waals surface area contributed by atoms with E-state index in [0.29, 0.717) is 0 Å².